The minimum absolute atomic E-state index is 0. The van der Waals surface area contributed by atoms with Gasteiger partial charge in [-0.3, -0.25) is 0 Å². The molecule has 0 unspecified atom stereocenters. The van der Waals surface area contributed by atoms with E-state index in [2.05, 4.69) is 176 Å². The van der Waals surface area contributed by atoms with Gasteiger partial charge in [0, 0.05) is 0 Å². The molecule has 2 atom stereocenters. The van der Waals surface area contributed by atoms with Crippen molar-refractivity contribution in [3.63, 3.8) is 0 Å². The van der Waals surface area contributed by atoms with Crippen LogP contribution >= 0.6 is 7.87 Å². The summed E-state index contributed by atoms with van der Waals surface area (Å²) < 4.78 is 0. The van der Waals surface area contributed by atoms with Gasteiger partial charge in [-0.2, -0.15) is 0 Å². The van der Waals surface area contributed by atoms with E-state index in [-0.39, 0.29) is 24.5 Å². The van der Waals surface area contributed by atoms with Crippen molar-refractivity contribution in [3.05, 3.63) is 140 Å². The quantitative estimate of drug-likeness (QED) is 0.177. The van der Waals surface area contributed by atoms with Crippen molar-refractivity contribution < 1.29 is 12.4 Å². The molecule has 2 aliphatic heterocycles. The Morgan fingerprint density at radius 3 is 0.917 bits per heavy atom. The van der Waals surface area contributed by atoms with Gasteiger partial charge in [0.2, 0.25) is 0 Å². The van der Waals surface area contributed by atoms with Crippen LogP contribution in [0.4, 0.5) is 0 Å². The third kappa shape index (κ3) is 5.87. The van der Waals surface area contributed by atoms with Gasteiger partial charge in [0.1, 0.15) is 11.1 Å². The summed E-state index contributed by atoms with van der Waals surface area (Å²) in [6.07, 6.45) is 0. The van der Waals surface area contributed by atoms with Gasteiger partial charge in [-0.1, -0.05) is 123 Å². The first-order valence-corrected chi connectivity index (χ1v) is 19.3. The summed E-state index contributed by atoms with van der Waals surface area (Å²) in [7, 11) is -2.45. The number of rotatable bonds is 6. The van der Waals surface area contributed by atoms with Crippen molar-refractivity contribution in [1.82, 2.24) is 20.3 Å². The summed E-state index contributed by atoms with van der Waals surface area (Å²) >= 11 is 0. The van der Waals surface area contributed by atoms with Crippen LogP contribution in [0.2, 0.25) is 0 Å². The van der Waals surface area contributed by atoms with Crippen molar-refractivity contribution in [2.24, 2.45) is 11.8 Å². The fourth-order valence-corrected chi connectivity index (χ4v) is 13.0. The van der Waals surface area contributed by atoms with Crippen molar-refractivity contribution in [2.75, 3.05) is 0 Å². The van der Waals surface area contributed by atoms with Gasteiger partial charge >= 0.3 is 7.87 Å². The molecule has 0 aliphatic carbocycles. The molecule has 6 rings (SSSR count). The lowest BCUT2D eigenvalue weighted by molar-refractivity contribution is -0.0000110. The van der Waals surface area contributed by atoms with Crippen LogP contribution in [0, 0.1) is 67.2 Å². The van der Waals surface area contributed by atoms with E-state index < -0.39 is 18.9 Å². The average Bonchev–Trinajstić information content (AvgIpc) is 3.48. The van der Waals surface area contributed by atoms with E-state index in [0.717, 1.165) is 0 Å². The molecule has 4 aromatic carbocycles. The molecule has 0 aromatic heterocycles. The Morgan fingerprint density at radius 2 is 0.708 bits per heavy atom. The zero-order valence-electron chi connectivity index (χ0n) is 31.1. The maximum absolute atomic E-state index is 4.48. The molecule has 1 spiro atoms. The number of benzene rings is 4. The van der Waals surface area contributed by atoms with E-state index in [1.807, 2.05) is 0 Å². The van der Waals surface area contributed by atoms with Gasteiger partial charge in [-0.25, -0.2) is 0 Å². The molecule has 0 amide bonds. The predicted molar refractivity (Wildman–Crippen MR) is 202 cm³/mol. The van der Waals surface area contributed by atoms with Crippen LogP contribution in [0.3, 0.4) is 0 Å². The fraction of sp³-hybridized carbons (Fsp3) is 0.429. The molecule has 256 valence electrons. The van der Waals surface area contributed by atoms with Crippen LogP contribution in [0.5, 0.6) is 0 Å². The molecule has 4 nitrogen and oxygen atoms in total. The maximum Gasteiger partial charge on any atom is 0.301 e. The summed E-state index contributed by atoms with van der Waals surface area (Å²) in [5.74, 6) is 0.697. The van der Waals surface area contributed by atoms with Gasteiger partial charge in [-0.15, -0.1) is 20.3 Å². The van der Waals surface area contributed by atoms with Gasteiger partial charge in [0.15, 0.2) is 0 Å². The van der Waals surface area contributed by atoms with Crippen molar-refractivity contribution in [1.29, 1.82) is 0 Å². The smallest absolute Gasteiger partial charge is 0.301 e. The van der Waals surface area contributed by atoms with Gasteiger partial charge < -0.3 is 12.4 Å². The largest absolute Gasteiger partial charge is 1.00 e. The lowest BCUT2D eigenvalue weighted by Crippen LogP contribution is -3.00. The molecule has 2 aliphatic rings. The first-order valence-electron chi connectivity index (χ1n) is 17.5. The second-order valence-electron chi connectivity index (χ2n) is 15.5. The van der Waals surface area contributed by atoms with Crippen molar-refractivity contribution in [2.45, 2.75) is 106 Å². The second-order valence-corrected chi connectivity index (χ2v) is 17.8. The number of hydrogen-bond donors (Lipinski definition) is 4. The number of nitrogens with one attached hydrogen (secondary N) is 4. The summed E-state index contributed by atoms with van der Waals surface area (Å²) in [5, 5.41) is 17.7. The van der Waals surface area contributed by atoms with Gasteiger partial charge in [0.05, 0.1) is 12.1 Å². The number of aryl methyl sites for hydroxylation is 8. The van der Waals surface area contributed by atoms with E-state index >= 15 is 0 Å². The summed E-state index contributed by atoms with van der Waals surface area (Å²) in [6, 6.07) is 28.3. The molecule has 4 aromatic rings. The first kappa shape index (κ1) is 36.7. The molecule has 0 bridgehead atoms. The number of hydrogen-bond acceptors (Lipinski definition) is 4. The third-order valence-electron chi connectivity index (χ3n) is 10.8. The highest BCUT2D eigenvalue weighted by Crippen LogP contribution is 2.65. The van der Waals surface area contributed by atoms with Crippen LogP contribution < -0.4 is 32.8 Å². The van der Waals surface area contributed by atoms with Gasteiger partial charge in [-0.05, 0) is 112 Å². The SMILES string of the molecule is Cc1ccc(C2(c3ccc(C)cc3C)N[P+]3(N[C@H]2C(C)C)N[C@@H](C(C)C)C(c2ccc(C)cc2C)(c2ccc(C)cc2C)N3)c(C)c1.[Cl-]. The Hall–Kier alpha value is -2.56. The molecule has 2 saturated heterocycles. The zero-order valence-corrected chi connectivity index (χ0v) is 32.7. The summed E-state index contributed by atoms with van der Waals surface area (Å²) in [4.78, 5) is 0. The van der Waals surface area contributed by atoms with Crippen LogP contribution in [0.1, 0.15) is 94.5 Å². The molecule has 6 heteroatoms. The zero-order chi connectivity index (χ0) is 34.1. The molecule has 4 N–H and O–H groups in total. The van der Waals surface area contributed by atoms with E-state index in [1.54, 1.807) is 0 Å². The number of halogens is 1. The Balaban J connectivity index is 0.00000451. The summed E-state index contributed by atoms with van der Waals surface area (Å²) in [6.45, 7) is 27.5. The van der Waals surface area contributed by atoms with Crippen LogP contribution in [-0.2, 0) is 11.1 Å². The monoisotopic (exact) mass is 682 g/mol. The van der Waals surface area contributed by atoms with Crippen molar-refractivity contribution in [3.8, 4) is 0 Å². The van der Waals surface area contributed by atoms with Crippen molar-refractivity contribution >= 4 is 7.87 Å². The third-order valence-corrected chi connectivity index (χ3v) is 13.6. The lowest BCUT2D eigenvalue weighted by Gasteiger charge is -2.38. The van der Waals surface area contributed by atoms with Crippen LogP contribution in [0.15, 0.2) is 72.8 Å². The lowest BCUT2D eigenvalue weighted by atomic mass is 9.71. The maximum atomic E-state index is 4.48. The molecule has 0 radical (unpaired) electrons. The van der Waals surface area contributed by atoms with E-state index in [9.17, 15) is 0 Å². The second kappa shape index (κ2) is 13.3. The molecular formula is C42H56ClN4P. The molecule has 2 fully saturated rings. The van der Waals surface area contributed by atoms with E-state index in [0.29, 0.717) is 11.8 Å². The minimum Gasteiger partial charge on any atom is -1.00 e. The fourth-order valence-electron chi connectivity index (χ4n) is 9.00. The molecule has 48 heavy (non-hydrogen) atoms. The highest BCUT2D eigenvalue weighted by atomic mass is 35.5. The topological polar surface area (TPSA) is 48.1 Å². The van der Waals surface area contributed by atoms with Gasteiger partial charge in [0.25, 0.3) is 0 Å². The Bertz CT molecular complexity index is 1590. The predicted octanol–water partition coefficient (Wildman–Crippen LogP) is 6.46. The standard InChI is InChI=1S/C42H56N4P.ClH/c1-25(2)39-41(35-17-13-27(5)21-31(35)9,36-18-14-28(6)22-32(36)10)45-47(43-39)44-40(26(3)4)42(46-47,37-19-15-29(7)23-33(37)11)38-20-16-30(8)24-34(38)12;/h13-26,39-40,43-46H,1-12H3;1H/q+1;/p-1/t39-,40-,47?;/m0./s1. The van der Waals surface area contributed by atoms with E-state index in [4.69, 9.17) is 0 Å². The molecular weight excluding hydrogens is 627 g/mol. The summed E-state index contributed by atoms with van der Waals surface area (Å²) in [5.41, 5.74) is 14.9. The Kier molecular flexibility index (Phi) is 10.2. The van der Waals surface area contributed by atoms with E-state index in [1.165, 1.54) is 66.8 Å². The first-order chi connectivity index (χ1) is 22.1. The Labute approximate surface area is 297 Å². The normalized spacial score (nSPS) is 20.9. The Morgan fingerprint density at radius 1 is 0.458 bits per heavy atom. The van der Waals surface area contributed by atoms with Crippen LogP contribution in [-0.4, -0.2) is 12.1 Å². The molecule has 2 heterocycles. The molecule has 0 saturated carbocycles. The highest BCUT2D eigenvalue weighted by molar-refractivity contribution is 7.69. The highest BCUT2D eigenvalue weighted by Gasteiger charge is 2.72. The minimum atomic E-state index is -2.45. The van der Waals surface area contributed by atoms with Crippen LogP contribution in [0.25, 0.3) is 0 Å². The average molecular weight is 683 g/mol.